The molecule has 1 unspecified atom stereocenters. The molecule has 0 radical (unpaired) electrons. The molecule has 6 atom stereocenters. The number of rotatable bonds is 9. The van der Waals surface area contributed by atoms with Crippen LogP contribution in [0.15, 0.2) is 15.8 Å². The number of aromatic amines is 1. The molecule has 1 amide bonds. The molecule has 1 aliphatic heterocycles. The smallest absolute Gasteiger partial charge is 0.432 e. The molecule has 0 aliphatic carbocycles. The molecule has 1 fully saturated rings. The first-order valence-electron chi connectivity index (χ1n) is 8.88. The lowest BCUT2D eigenvalue weighted by atomic mass is 10.1. The molecule has 16 heteroatoms. The molecule has 0 saturated carbocycles. The second kappa shape index (κ2) is 9.82. The largest absolute Gasteiger partial charge is 0.481 e. The number of carbonyl (C=O) groups excluding carboxylic acids is 1. The Kier molecular flexibility index (Phi) is 7.88. The van der Waals surface area contributed by atoms with Crippen LogP contribution in [0, 0.1) is 6.92 Å². The van der Waals surface area contributed by atoms with E-state index in [-0.39, 0.29) is 5.56 Å². The summed E-state index contributed by atoms with van der Waals surface area (Å²) in [4.78, 5) is 57.9. The van der Waals surface area contributed by atoms with Gasteiger partial charge in [0.1, 0.15) is 18.3 Å². The van der Waals surface area contributed by atoms with Crippen LogP contribution in [0.2, 0.25) is 0 Å². The molecule has 0 spiro atoms. The molecule has 1 aromatic heterocycles. The van der Waals surface area contributed by atoms with Crippen LogP contribution in [0.1, 0.15) is 18.2 Å². The Labute approximate surface area is 174 Å². The van der Waals surface area contributed by atoms with Gasteiger partial charge in [0.2, 0.25) is 5.91 Å². The lowest BCUT2D eigenvalue weighted by Gasteiger charge is -2.20. The predicted molar refractivity (Wildman–Crippen MR) is 101 cm³/mol. The zero-order valence-corrected chi connectivity index (χ0v) is 17.3. The third-order valence-corrected chi connectivity index (χ3v) is 5.47. The van der Waals surface area contributed by atoms with E-state index in [1.807, 2.05) is 4.98 Å². The van der Waals surface area contributed by atoms with Crippen LogP contribution in [-0.2, 0) is 23.4 Å². The first-order valence-corrected chi connectivity index (χ1v) is 10.5. The topological polar surface area (TPSA) is 230 Å². The first kappa shape index (κ1) is 24.9. The number of amides is 1. The molecule has 1 saturated heterocycles. The van der Waals surface area contributed by atoms with E-state index in [1.54, 1.807) is 5.09 Å². The summed E-state index contributed by atoms with van der Waals surface area (Å²) in [5.41, 5.74) is -1.42. The number of ether oxygens (including phenoxy) is 1. The van der Waals surface area contributed by atoms with E-state index >= 15 is 0 Å². The van der Waals surface area contributed by atoms with Crippen LogP contribution in [0.25, 0.3) is 0 Å². The summed E-state index contributed by atoms with van der Waals surface area (Å²) < 4.78 is 23.0. The number of likely N-dealkylation sites (N-methyl/N-ethyl adjacent to an activating group) is 1. The molecule has 1 aliphatic rings. The number of hydrogen-bond donors (Lipinski definition) is 7. The Hall–Kier alpha value is -2.39. The monoisotopic (exact) mass is 466 g/mol. The number of aromatic nitrogens is 2. The van der Waals surface area contributed by atoms with Gasteiger partial charge >= 0.3 is 19.4 Å². The molecule has 1 aromatic rings. The molecule has 2 heterocycles. The zero-order valence-electron chi connectivity index (χ0n) is 16.4. The maximum atomic E-state index is 12.1. The molecule has 15 nitrogen and oxygen atoms in total. The van der Waals surface area contributed by atoms with Crippen LogP contribution in [0.3, 0.4) is 0 Å². The van der Waals surface area contributed by atoms with E-state index in [0.717, 1.165) is 10.8 Å². The summed E-state index contributed by atoms with van der Waals surface area (Å²) in [6.45, 7) is 0.629. The van der Waals surface area contributed by atoms with Crippen LogP contribution in [0.4, 0.5) is 0 Å². The molecule has 7 N–H and O–H groups in total. The summed E-state index contributed by atoms with van der Waals surface area (Å²) in [6, 6.07) is -1.31. The highest BCUT2D eigenvalue weighted by Gasteiger charge is 2.45. The fourth-order valence-corrected chi connectivity index (χ4v) is 3.64. The average molecular weight is 466 g/mol. The van der Waals surface area contributed by atoms with Crippen molar-refractivity contribution in [2.75, 3.05) is 13.7 Å². The number of carboxylic acids is 1. The van der Waals surface area contributed by atoms with E-state index in [4.69, 9.17) is 14.4 Å². The van der Waals surface area contributed by atoms with Gasteiger partial charge in [0.05, 0.1) is 19.1 Å². The van der Waals surface area contributed by atoms with Gasteiger partial charge in [-0.05, 0) is 14.0 Å². The van der Waals surface area contributed by atoms with E-state index in [2.05, 4.69) is 5.32 Å². The number of hydrogen-bond acceptors (Lipinski definition) is 10. The van der Waals surface area contributed by atoms with Crippen LogP contribution >= 0.6 is 7.75 Å². The molecular weight excluding hydrogens is 443 g/mol. The van der Waals surface area contributed by atoms with E-state index in [0.29, 0.717) is 0 Å². The number of nitrogens with zero attached hydrogens (tertiary/aromatic N) is 1. The highest BCUT2D eigenvalue weighted by atomic mass is 31.2. The van der Waals surface area contributed by atoms with Crippen molar-refractivity contribution in [1.82, 2.24) is 20.0 Å². The standard InChI is InChI=1S/C15H23N4O11P/c1-6-4-19(15(26)17-12(6)24)14-11(23)10(22)8(30-14)5-29-31(27,28)18-13(25)7(16-2)3-9(20)21/h4,7-8,10-11,14,16,22-23H,3,5H2,1-2H3,(H,20,21)(H,17,24,26)(H2,18,25,27,28)/t7-,8+,10+,11+,14+/m0/s1. The second-order valence-corrected chi connectivity index (χ2v) is 8.28. The third kappa shape index (κ3) is 6.07. The van der Waals surface area contributed by atoms with Crippen molar-refractivity contribution in [3.63, 3.8) is 0 Å². The van der Waals surface area contributed by atoms with Gasteiger partial charge in [-0.15, -0.1) is 0 Å². The zero-order chi connectivity index (χ0) is 23.5. The highest BCUT2D eigenvalue weighted by molar-refractivity contribution is 7.51. The molecule has 174 valence electrons. The van der Waals surface area contributed by atoms with Crippen LogP contribution in [0.5, 0.6) is 0 Å². The van der Waals surface area contributed by atoms with Crippen LogP contribution in [-0.4, -0.2) is 79.6 Å². The van der Waals surface area contributed by atoms with Gasteiger partial charge in [-0.25, -0.2) is 9.36 Å². The summed E-state index contributed by atoms with van der Waals surface area (Å²) in [7, 11) is -3.52. The predicted octanol–water partition coefficient (Wildman–Crippen LogP) is -3.24. The number of nitrogens with one attached hydrogen (secondary N) is 3. The van der Waals surface area contributed by atoms with Gasteiger partial charge in [-0.2, -0.15) is 0 Å². The van der Waals surface area contributed by atoms with Crippen molar-refractivity contribution in [2.45, 2.75) is 43.9 Å². The van der Waals surface area contributed by atoms with E-state index in [1.165, 1.54) is 14.0 Å². The van der Waals surface area contributed by atoms with Gasteiger partial charge in [0, 0.05) is 11.8 Å². The van der Waals surface area contributed by atoms with Crippen molar-refractivity contribution < 1.29 is 43.6 Å². The third-order valence-electron chi connectivity index (χ3n) is 4.47. The number of carbonyl (C=O) groups is 2. The Balaban J connectivity index is 2.05. The fourth-order valence-electron chi connectivity index (χ4n) is 2.80. The normalized spacial score (nSPS) is 26.2. The van der Waals surface area contributed by atoms with Gasteiger partial charge in [-0.1, -0.05) is 0 Å². The van der Waals surface area contributed by atoms with Gasteiger partial charge < -0.3 is 30.3 Å². The van der Waals surface area contributed by atoms with Crippen molar-refractivity contribution in [3.8, 4) is 0 Å². The molecule has 0 bridgehead atoms. The van der Waals surface area contributed by atoms with Crippen molar-refractivity contribution in [2.24, 2.45) is 0 Å². The fraction of sp³-hybridized carbons (Fsp3) is 0.600. The number of carboxylic acid groups (broad SMARTS) is 1. The van der Waals surface area contributed by atoms with Gasteiger partial charge in [0.15, 0.2) is 6.23 Å². The van der Waals surface area contributed by atoms with Gasteiger partial charge in [-0.3, -0.25) is 33.5 Å². The van der Waals surface area contributed by atoms with Crippen molar-refractivity contribution in [3.05, 3.63) is 32.6 Å². The van der Waals surface area contributed by atoms with Crippen molar-refractivity contribution >= 4 is 19.6 Å². The molecule has 2 rings (SSSR count). The Morgan fingerprint density at radius 1 is 1.35 bits per heavy atom. The lowest BCUT2D eigenvalue weighted by molar-refractivity contribution is -0.139. The number of aliphatic carboxylic acids is 1. The van der Waals surface area contributed by atoms with Crippen LogP contribution < -0.4 is 21.7 Å². The first-order chi connectivity index (χ1) is 14.4. The Morgan fingerprint density at radius 2 is 2.00 bits per heavy atom. The van der Waals surface area contributed by atoms with E-state index < -0.39 is 74.5 Å². The van der Waals surface area contributed by atoms with Crippen molar-refractivity contribution in [1.29, 1.82) is 0 Å². The maximum absolute atomic E-state index is 12.1. The molecular formula is C15H23N4O11P. The van der Waals surface area contributed by atoms with E-state index in [9.17, 15) is 38.8 Å². The SMILES string of the molecule is CN[C@@H](CC(=O)O)C(=O)NP(=O)(O)OC[C@H]1O[C@@H](n2cc(C)c(=O)[nH]c2=O)[C@H](O)[C@@H]1O. The summed E-state index contributed by atoms with van der Waals surface area (Å²) in [6.07, 6.45) is -5.64. The minimum absolute atomic E-state index is 0.132. The number of H-pyrrole nitrogens is 1. The minimum Gasteiger partial charge on any atom is -0.481 e. The second-order valence-electron chi connectivity index (χ2n) is 6.76. The Bertz CT molecular complexity index is 992. The number of aryl methyl sites for hydroxylation is 1. The number of aliphatic hydroxyl groups excluding tert-OH is 2. The quantitative estimate of drug-likeness (QED) is 0.178. The summed E-state index contributed by atoms with van der Waals surface area (Å²) >= 11 is 0. The molecule has 0 aromatic carbocycles. The summed E-state index contributed by atoms with van der Waals surface area (Å²) in [5.74, 6) is -2.43. The Morgan fingerprint density at radius 3 is 2.58 bits per heavy atom. The summed E-state index contributed by atoms with van der Waals surface area (Å²) in [5, 5.41) is 33.1. The van der Waals surface area contributed by atoms with Gasteiger partial charge in [0.25, 0.3) is 5.56 Å². The maximum Gasteiger partial charge on any atom is 0.432 e. The highest BCUT2D eigenvalue weighted by Crippen LogP contribution is 2.39. The lowest BCUT2D eigenvalue weighted by Crippen LogP contribution is -2.43. The minimum atomic E-state index is -4.79. The molecule has 31 heavy (non-hydrogen) atoms. The number of aliphatic hydroxyl groups is 2. The average Bonchev–Trinajstić information content (AvgIpc) is 2.95.